The zero-order valence-electron chi connectivity index (χ0n) is 8.06. The topological polar surface area (TPSA) is 29.5 Å². The molecule has 0 saturated heterocycles. The molecule has 0 aliphatic rings. The Morgan fingerprint density at radius 1 is 1.50 bits per heavy atom. The SMILES string of the molecule is CCCN(Br)C(=O)OC(C)(C)C. The van der Waals surface area contributed by atoms with Crippen LogP contribution in [0.1, 0.15) is 34.1 Å². The predicted octanol–water partition coefficient (Wildman–Crippen LogP) is 2.94. The molecular weight excluding hydrogens is 222 g/mol. The van der Waals surface area contributed by atoms with E-state index in [2.05, 4.69) is 16.1 Å². The molecule has 0 atom stereocenters. The Labute approximate surface area is 82.4 Å². The highest BCUT2D eigenvalue weighted by atomic mass is 79.9. The molecule has 0 rings (SSSR count). The first-order valence-electron chi connectivity index (χ1n) is 4.03. The standard InChI is InChI=1S/C8H16BrNO2/c1-5-6-10(9)7(11)12-8(2,3)4/h5-6H2,1-4H3. The lowest BCUT2D eigenvalue weighted by Gasteiger charge is -2.22. The van der Waals surface area contributed by atoms with Crippen LogP contribution in [-0.4, -0.2) is 22.2 Å². The van der Waals surface area contributed by atoms with Crippen molar-refractivity contribution in [3.05, 3.63) is 0 Å². The fraction of sp³-hybridized carbons (Fsp3) is 0.875. The average Bonchev–Trinajstić information content (AvgIpc) is 1.84. The normalized spacial score (nSPS) is 11.1. The van der Waals surface area contributed by atoms with Gasteiger partial charge in [-0.25, -0.2) is 8.72 Å². The molecular formula is C8H16BrNO2. The second kappa shape index (κ2) is 4.70. The molecule has 0 aliphatic carbocycles. The van der Waals surface area contributed by atoms with Crippen LogP contribution in [0.4, 0.5) is 4.79 Å². The predicted molar refractivity (Wildman–Crippen MR) is 52.2 cm³/mol. The van der Waals surface area contributed by atoms with Crippen molar-refractivity contribution in [2.75, 3.05) is 6.54 Å². The van der Waals surface area contributed by atoms with Gasteiger partial charge in [0.2, 0.25) is 0 Å². The first-order chi connectivity index (χ1) is 5.37. The Bertz CT molecular complexity index is 154. The first-order valence-corrected chi connectivity index (χ1v) is 4.74. The molecule has 0 heterocycles. The Morgan fingerprint density at radius 3 is 2.33 bits per heavy atom. The van der Waals surface area contributed by atoms with Crippen LogP contribution in [0.5, 0.6) is 0 Å². The summed E-state index contributed by atoms with van der Waals surface area (Å²) in [5.41, 5.74) is -0.420. The maximum absolute atomic E-state index is 11.2. The van der Waals surface area contributed by atoms with Gasteiger partial charge in [-0.2, -0.15) is 0 Å². The van der Waals surface area contributed by atoms with E-state index in [0.717, 1.165) is 6.42 Å². The maximum atomic E-state index is 11.2. The van der Waals surface area contributed by atoms with Crippen LogP contribution in [0.25, 0.3) is 0 Å². The van der Waals surface area contributed by atoms with Crippen LogP contribution in [0.3, 0.4) is 0 Å². The number of amides is 1. The molecule has 0 unspecified atom stereocenters. The van der Waals surface area contributed by atoms with E-state index < -0.39 is 5.60 Å². The second-order valence-electron chi connectivity index (χ2n) is 3.57. The summed E-state index contributed by atoms with van der Waals surface area (Å²) in [6.45, 7) is 8.20. The van der Waals surface area contributed by atoms with Crippen molar-refractivity contribution in [3.8, 4) is 0 Å². The Morgan fingerprint density at radius 2 is 2.00 bits per heavy atom. The fourth-order valence-electron chi connectivity index (χ4n) is 0.599. The summed E-state index contributed by atoms with van der Waals surface area (Å²) in [6, 6.07) is 0. The van der Waals surface area contributed by atoms with Gasteiger partial charge in [0.05, 0.1) is 16.1 Å². The molecule has 72 valence electrons. The number of nitrogens with zero attached hydrogens (tertiary/aromatic N) is 1. The third-order valence-corrected chi connectivity index (χ3v) is 1.66. The lowest BCUT2D eigenvalue weighted by atomic mass is 10.2. The number of carbonyl (C=O) groups excluding carboxylic acids is 1. The number of ether oxygens (including phenoxy) is 1. The molecule has 0 aromatic rings. The van der Waals surface area contributed by atoms with Crippen molar-refractivity contribution in [1.29, 1.82) is 0 Å². The minimum atomic E-state index is -0.420. The largest absolute Gasteiger partial charge is 0.443 e. The lowest BCUT2D eigenvalue weighted by molar-refractivity contribution is 0.0415. The highest BCUT2D eigenvalue weighted by Gasteiger charge is 2.19. The van der Waals surface area contributed by atoms with Gasteiger partial charge < -0.3 is 4.74 Å². The van der Waals surface area contributed by atoms with Gasteiger partial charge in [0.15, 0.2) is 0 Å². The van der Waals surface area contributed by atoms with Crippen LogP contribution < -0.4 is 0 Å². The second-order valence-corrected chi connectivity index (χ2v) is 4.42. The average molecular weight is 238 g/mol. The van der Waals surface area contributed by atoms with Crippen molar-refractivity contribution in [3.63, 3.8) is 0 Å². The van der Waals surface area contributed by atoms with Gasteiger partial charge in [0, 0.05) is 6.54 Å². The van der Waals surface area contributed by atoms with Crippen molar-refractivity contribution < 1.29 is 9.53 Å². The molecule has 0 aromatic heterocycles. The number of hydrogen-bond acceptors (Lipinski definition) is 2. The summed E-state index contributed by atoms with van der Waals surface area (Å²) >= 11 is 3.11. The Balaban J connectivity index is 3.87. The lowest BCUT2D eigenvalue weighted by Crippen LogP contribution is -2.31. The third-order valence-electron chi connectivity index (χ3n) is 1.01. The van der Waals surface area contributed by atoms with Gasteiger partial charge in [-0.3, -0.25) is 0 Å². The van der Waals surface area contributed by atoms with E-state index in [4.69, 9.17) is 4.74 Å². The van der Waals surface area contributed by atoms with Gasteiger partial charge in [0.25, 0.3) is 0 Å². The van der Waals surface area contributed by atoms with E-state index in [-0.39, 0.29) is 6.09 Å². The highest BCUT2D eigenvalue weighted by Crippen LogP contribution is 2.12. The first kappa shape index (κ1) is 11.8. The molecule has 0 fully saturated rings. The molecule has 0 saturated carbocycles. The maximum Gasteiger partial charge on any atom is 0.420 e. The molecule has 0 spiro atoms. The summed E-state index contributed by atoms with van der Waals surface area (Å²) in [4.78, 5) is 11.2. The number of halogens is 1. The van der Waals surface area contributed by atoms with Crippen molar-refractivity contribution >= 4 is 22.2 Å². The van der Waals surface area contributed by atoms with Crippen molar-refractivity contribution in [2.45, 2.75) is 39.7 Å². The monoisotopic (exact) mass is 237 g/mol. The molecule has 0 aromatic carbocycles. The van der Waals surface area contributed by atoms with Crippen LogP contribution >= 0.6 is 16.1 Å². The summed E-state index contributed by atoms with van der Waals surface area (Å²) in [5.74, 6) is 0. The summed E-state index contributed by atoms with van der Waals surface area (Å²) in [7, 11) is 0. The van der Waals surface area contributed by atoms with Gasteiger partial charge in [-0.05, 0) is 27.2 Å². The van der Waals surface area contributed by atoms with E-state index in [1.165, 1.54) is 3.93 Å². The van der Waals surface area contributed by atoms with Crippen LogP contribution in [0, 0.1) is 0 Å². The minimum absolute atomic E-state index is 0.329. The molecule has 0 N–H and O–H groups in total. The van der Waals surface area contributed by atoms with Gasteiger partial charge >= 0.3 is 6.09 Å². The van der Waals surface area contributed by atoms with E-state index in [9.17, 15) is 4.79 Å². The molecule has 3 nitrogen and oxygen atoms in total. The van der Waals surface area contributed by atoms with Crippen LogP contribution in [-0.2, 0) is 4.74 Å². The smallest absolute Gasteiger partial charge is 0.420 e. The quantitative estimate of drug-likeness (QED) is 0.692. The summed E-state index contributed by atoms with van der Waals surface area (Å²) in [5, 5.41) is 0. The summed E-state index contributed by atoms with van der Waals surface area (Å²) < 4.78 is 6.49. The number of hydrogen-bond donors (Lipinski definition) is 0. The van der Waals surface area contributed by atoms with Crippen molar-refractivity contribution in [1.82, 2.24) is 3.93 Å². The van der Waals surface area contributed by atoms with E-state index in [0.29, 0.717) is 6.54 Å². The zero-order chi connectivity index (χ0) is 9.78. The molecule has 12 heavy (non-hydrogen) atoms. The minimum Gasteiger partial charge on any atom is -0.443 e. The number of rotatable bonds is 2. The molecule has 0 aliphatic heterocycles. The molecule has 0 radical (unpaired) electrons. The van der Waals surface area contributed by atoms with Crippen LogP contribution in [0.2, 0.25) is 0 Å². The van der Waals surface area contributed by atoms with E-state index >= 15 is 0 Å². The fourth-order valence-corrected chi connectivity index (χ4v) is 1.03. The molecule has 1 amide bonds. The molecule has 0 bridgehead atoms. The summed E-state index contributed by atoms with van der Waals surface area (Å²) in [6.07, 6.45) is 0.578. The van der Waals surface area contributed by atoms with E-state index in [1.54, 1.807) is 0 Å². The van der Waals surface area contributed by atoms with Crippen molar-refractivity contribution in [2.24, 2.45) is 0 Å². The Kier molecular flexibility index (Phi) is 4.60. The van der Waals surface area contributed by atoms with Gasteiger partial charge in [-0.1, -0.05) is 6.92 Å². The van der Waals surface area contributed by atoms with E-state index in [1.807, 2.05) is 27.7 Å². The van der Waals surface area contributed by atoms with Gasteiger partial charge in [-0.15, -0.1) is 0 Å². The van der Waals surface area contributed by atoms with Gasteiger partial charge in [0.1, 0.15) is 5.60 Å². The van der Waals surface area contributed by atoms with Crippen LogP contribution in [0.15, 0.2) is 0 Å². The third kappa shape index (κ3) is 5.41. The zero-order valence-corrected chi connectivity index (χ0v) is 9.64. The highest BCUT2D eigenvalue weighted by molar-refractivity contribution is 9.07. The number of carbonyl (C=O) groups is 1. The Hall–Kier alpha value is -0.250. The molecule has 4 heteroatoms.